The van der Waals surface area contributed by atoms with Gasteiger partial charge in [0.15, 0.2) is 0 Å². The van der Waals surface area contributed by atoms with Crippen molar-refractivity contribution in [3.05, 3.63) is 34.1 Å². The van der Waals surface area contributed by atoms with Gasteiger partial charge in [-0.3, -0.25) is 0 Å². The monoisotopic (exact) mass is 259 g/mol. The lowest BCUT2D eigenvalue weighted by molar-refractivity contribution is 0.531. The largest absolute Gasteiger partial charge is 0.310 e. The van der Waals surface area contributed by atoms with Gasteiger partial charge in [0.2, 0.25) is 0 Å². The second-order valence-electron chi connectivity index (χ2n) is 3.44. The molecule has 1 unspecified atom stereocenters. The van der Waals surface area contributed by atoms with Crippen LogP contribution in [0.15, 0.2) is 22.7 Å². The van der Waals surface area contributed by atoms with Gasteiger partial charge < -0.3 is 5.32 Å². The number of rotatable bonds is 4. The van der Waals surface area contributed by atoms with Crippen LogP contribution < -0.4 is 5.32 Å². The summed E-state index contributed by atoms with van der Waals surface area (Å²) in [5, 5.41) is 3.31. The zero-order valence-corrected chi connectivity index (χ0v) is 10.1. The van der Waals surface area contributed by atoms with Crippen molar-refractivity contribution in [3.8, 4) is 0 Å². The summed E-state index contributed by atoms with van der Waals surface area (Å²) >= 11 is 3.13. The fourth-order valence-corrected chi connectivity index (χ4v) is 1.33. The van der Waals surface area contributed by atoms with Gasteiger partial charge in [0.25, 0.3) is 0 Å². The summed E-state index contributed by atoms with van der Waals surface area (Å²) in [6.45, 7) is 4.97. The highest BCUT2D eigenvalue weighted by atomic mass is 79.9. The van der Waals surface area contributed by atoms with Crippen LogP contribution in [0.2, 0.25) is 0 Å². The molecule has 0 fully saturated rings. The average Bonchev–Trinajstić information content (AvgIpc) is 2.19. The van der Waals surface area contributed by atoms with Gasteiger partial charge in [0.1, 0.15) is 5.82 Å². The van der Waals surface area contributed by atoms with Gasteiger partial charge in [-0.05, 0) is 47.0 Å². The molecule has 14 heavy (non-hydrogen) atoms. The molecule has 0 saturated heterocycles. The maximum atomic E-state index is 13.1. The molecular weight excluding hydrogens is 245 g/mol. The smallest absolute Gasteiger partial charge is 0.137 e. The Morgan fingerprint density at radius 2 is 2.21 bits per heavy atom. The quantitative estimate of drug-likeness (QED) is 0.873. The summed E-state index contributed by atoms with van der Waals surface area (Å²) in [4.78, 5) is 0. The first kappa shape index (κ1) is 11.7. The molecule has 0 heterocycles. The topological polar surface area (TPSA) is 12.0 Å². The number of nitrogens with one attached hydrogen (secondary N) is 1. The molecule has 0 aliphatic heterocycles. The van der Waals surface area contributed by atoms with Crippen molar-refractivity contribution in [2.75, 3.05) is 0 Å². The summed E-state index contributed by atoms with van der Waals surface area (Å²) in [5.74, 6) is -0.201. The van der Waals surface area contributed by atoms with Gasteiger partial charge in [-0.15, -0.1) is 0 Å². The van der Waals surface area contributed by atoms with E-state index in [0.29, 0.717) is 10.5 Å². The van der Waals surface area contributed by atoms with E-state index in [2.05, 4.69) is 35.1 Å². The lowest BCUT2D eigenvalue weighted by Crippen LogP contribution is -2.24. The summed E-state index contributed by atoms with van der Waals surface area (Å²) < 4.78 is 13.6. The predicted molar refractivity (Wildman–Crippen MR) is 60.7 cm³/mol. The summed E-state index contributed by atoms with van der Waals surface area (Å²) in [7, 11) is 0. The fraction of sp³-hybridized carbons (Fsp3) is 0.455. The van der Waals surface area contributed by atoms with E-state index in [-0.39, 0.29) is 5.82 Å². The molecule has 0 amide bonds. The summed E-state index contributed by atoms with van der Waals surface area (Å²) in [6, 6.07) is 5.69. The van der Waals surface area contributed by atoms with E-state index >= 15 is 0 Å². The fourth-order valence-electron chi connectivity index (χ4n) is 1.09. The van der Waals surface area contributed by atoms with Crippen LogP contribution in [0.4, 0.5) is 4.39 Å². The molecule has 0 saturated carbocycles. The van der Waals surface area contributed by atoms with Crippen LogP contribution in [0.25, 0.3) is 0 Å². The van der Waals surface area contributed by atoms with Crippen LogP contribution in [0.1, 0.15) is 25.8 Å². The van der Waals surface area contributed by atoms with Crippen LogP contribution >= 0.6 is 15.9 Å². The first-order valence-electron chi connectivity index (χ1n) is 4.80. The Balaban J connectivity index is 2.55. The maximum Gasteiger partial charge on any atom is 0.137 e. The molecule has 1 rings (SSSR count). The molecule has 1 aromatic rings. The predicted octanol–water partition coefficient (Wildman–Crippen LogP) is 3.48. The summed E-state index contributed by atoms with van der Waals surface area (Å²) in [5.41, 5.74) is 0.978. The molecule has 0 radical (unpaired) electrons. The Kier molecular flexibility index (Phi) is 4.55. The van der Waals surface area contributed by atoms with Crippen molar-refractivity contribution in [1.82, 2.24) is 5.32 Å². The van der Waals surface area contributed by atoms with Crippen molar-refractivity contribution in [1.29, 1.82) is 0 Å². The standard InChI is InChI=1S/C11H15BrFN/c1-3-8(2)14-7-9-4-5-10(12)11(13)6-9/h4-6,8,14H,3,7H2,1-2H3. The van der Waals surface area contributed by atoms with Gasteiger partial charge in [-0.25, -0.2) is 4.39 Å². The minimum atomic E-state index is -0.201. The molecule has 0 bridgehead atoms. The highest BCUT2D eigenvalue weighted by Crippen LogP contribution is 2.16. The van der Waals surface area contributed by atoms with Crippen molar-refractivity contribution < 1.29 is 4.39 Å². The molecular formula is C11H15BrFN. The molecule has 3 heteroatoms. The molecule has 0 aromatic heterocycles. The lowest BCUT2D eigenvalue weighted by atomic mass is 10.2. The first-order chi connectivity index (χ1) is 6.63. The van der Waals surface area contributed by atoms with Gasteiger partial charge in [0.05, 0.1) is 4.47 Å². The number of hydrogen-bond acceptors (Lipinski definition) is 1. The highest BCUT2D eigenvalue weighted by molar-refractivity contribution is 9.10. The van der Waals surface area contributed by atoms with Crippen molar-refractivity contribution >= 4 is 15.9 Å². The Morgan fingerprint density at radius 1 is 1.50 bits per heavy atom. The van der Waals surface area contributed by atoms with Gasteiger partial charge in [-0.2, -0.15) is 0 Å². The zero-order valence-electron chi connectivity index (χ0n) is 8.48. The van der Waals surface area contributed by atoms with E-state index in [1.165, 1.54) is 0 Å². The Hall–Kier alpha value is -0.410. The van der Waals surface area contributed by atoms with Crippen LogP contribution in [-0.2, 0) is 6.54 Å². The van der Waals surface area contributed by atoms with E-state index in [9.17, 15) is 4.39 Å². The third-order valence-electron chi connectivity index (χ3n) is 2.25. The Labute approximate surface area is 92.8 Å². The van der Waals surface area contributed by atoms with Crippen LogP contribution in [0.3, 0.4) is 0 Å². The van der Waals surface area contributed by atoms with Crippen LogP contribution in [0.5, 0.6) is 0 Å². The molecule has 1 atom stereocenters. The molecule has 1 N–H and O–H groups in total. The molecule has 78 valence electrons. The second kappa shape index (κ2) is 5.47. The van der Waals surface area contributed by atoms with Gasteiger partial charge in [-0.1, -0.05) is 13.0 Å². The minimum absolute atomic E-state index is 0.201. The van der Waals surface area contributed by atoms with Crippen LogP contribution in [0, 0.1) is 5.82 Å². The average molecular weight is 260 g/mol. The SMILES string of the molecule is CCC(C)NCc1ccc(Br)c(F)c1. The molecule has 1 nitrogen and oxygen atoms in total. The number of benzene rings is 1. The lowest BCUT2D eigenvalue weighted by Gasteiger charge is -2.11. The molecule has 1 aromatic carbocycles. The van der Waals surface area contributed by atoms with Crippen LogP contribution in [-0.4, -0.2) is 6.04 Å². The van der Waals surface area contributed by atoms with E-state index in [0.717, 1.165) is 18.5 Å². The normalized spacial score (nSPS) is 12.9. The number of halogens is 2. The third-order valence-corrected chi connectivity index (χ3v) is 2.89. The van der Waals surface area contributed by atoms with E-state index < -0.39 is 0 Å². The minimum Gasteiger partial charge on any atom is -0.310 e. The Morgan fingerprint density at radius 3 is 2.79 bits per heavy atom. The number of hydrogen-bond donors (Lipinski definition) is 1. The summed E-state index contributed by atoms with van der Waals surface area (Å²) in [6.07, 6.45) is 1.08. The molecule has 0 aliphatic rings. The van der Waals surface area contributed by atoms with Crippen molar-refractivity contribution in [2.24, 2.45) is 0 Å². The molecule has 0 aliphatic carbocycles. The van der Waals surface area contributed by atoms with Crippen molar-refractivity contribution in [3.63, 3.8) is 0 Å². The second-order valence-corrected chi connectivity index (χ2v) is 4.29. The van der Waals surface area contributed by atoms with E-state index in [1.807, 2.05) is 6.07 Å². The van der Waals surface area contributed by atoms with Gasteiger partial charge >= 0.3 is 0 Å². The van der Waals surface area contributed by atoms with E-state index in [4.69, 9.17) is 0 Å². The zero-order chi connectivity index (χ0) is 10.6. The van der Waals surface area contributed by atoms with E-state index in [1.54, 1.807) is 12.1 Å². The Bertz CT molecular complexity index is 301. The maximum absolute atomic E-state index is 13.1. The molecule has 0 spiro atoms. The van der Waals surface area contributed by atoms with Gasteiger partial charge in [0, 0.05) is 12.6 Å². The third kappa shape index (κ3) is 3.39. The first-order valence-corrected chi connectivity index (χ1v) is 5.60. The highest BCUT2D eigenvalue weighted by Gasteiger charge is 2.02. The van der Waals surface area contributed by atoms with Crippen molar-refractivity contribution in [2.45, 2.75) is 32.9 Å².